The van der Waals surface area contributed by atoms with Crippen LogP contribution in [-0.4, -0.2) is 36.2 Å². The third kappa shape index (κ3) is 4.73. The summed E-state index contributed by atoms with van der Waals surface area (Å²) in [7, 11) is 0. The molecule has 1 saturated heterocycles. The number of alkyl carbamates (subject to hydrolysis) is 1. The smallest absolute Gasteiger partial charge is 0.407 e. The van der Waals surface area contributed by atoms with E-state index in [0.717, 1.165) is 24.4 Å². The summed E-state index contributed by atoms with van der Waals surface area (Å²) < 4.78 is 5.39. The van der Waals surface area contributed by atoms with E-state index in [4.69, 9.17) is 4.74 Å². The van der Waals surface area contributed by atoms with E-state index in [1.807, 2.05) is 30.3 Å². The predicted octanol–water partition coefficient (Wildman–Crippen LogP) is 3.81. The molecule has 3 rings (SSSR count). The zero-order chi connectivity index (χ0) is 16.9. The Bertz CT molecular complexity index is 530. The summed E-state index contributed by atoms with van der Waals surface area (Å²) in [6.07, 6.45) is 4.67. The molecule has 1 amide bonds. The Labute approximate surface area is 145 Å². The summed E-state index contributed by atoms with van der Waals surface area (Å²) >= 11 is 0. The van der Waals surface area contributed by atoms with Crippen LogP contribution in [0, 0.1) is 11.8 Å². The van der Waals surface area contributed by atoms with Crippen LogP contribution >= 0.6 is 0 Å². The van der Waals surface area contributed by atoms with Gasteiger partial charge in [0.15, 0.2) is 0 Å². The van der Waals surface area contributed by atoms with Gasteiger partial charge in [0, 0.05) is 25.2 Å². The van der Waals surface area contributed by atoms with E-state index < -0.39 is 0 Å². The molecule has 1 N–H and O–H groups in total. The van der Waals surface area contributed by atoms with Gasteiger partial charge in [-0.05, 0) is 43.6 Å². The Morgan fingerprint density at radius 3 is 2.71 bits per heavy atom. The molecule has 1 saturated carbocycles. The molecule has 4 nitrogen and oxygen atoms in total. The van der Waals surface area contributed by atoms with Crippen molar-refractivity contribution in [3.05, 3.63) is 35.9 Å². The maximum absolute atomic E-state index is 12.2. The van der Waals surface area contributed by atoms with Crippen molar-refractivity contribution >= 4 is 6.09 Å². The molecule has 1 heterocycles. The van der Waals surface area contributed by atoms with Crippen LogP contribution in [0.4, 0.5) is 4.79 Å². The van der Waals surface area contributed by atoms with Crippen molar-refractivity contribution in [2.75, 3.05) is 13.1 Å². The Kier molecular flexibility index (Phi) is 5.77. The number of likely N-dealkylation sites (tertiary alicyclic amines) is 1. The van der Waals surface area contributed by atoms with Gasteiger partial charge in [0.25, 0.3) is 0 Å². The van der Waals surface area contributed by atoms with Gasteiger partial charge in [-0.15, -0.1) is 0 Å². The summed E-state index contributed by atoms with van der Waals surface area (Å²) in [5.41, 5.74) is 1.02. The molecule has 1 aliphatic heterocycles. The summed E-state index contributed by atoms with van der Waals surface area (Å²) in [6.45, 7) is 7.06. The highest BCUT2D eigenvalue weighted by Gasteiger charge is 2.36. The average Bonchev–Trinajstić information content (AvgIpc) is 3.45. The Hall–Kier alpha value is -1.55. The van der Waals surface area contributed by atoms with Crippen molar-refractivity contribution in [2.45, 2.75) is 58.2 Å². The number of rotatable bonds is 6. The van der Waals surface area contributed by atoms with E-state index in [9.17, 15) is 4.79 Å². The molecule has 0 spiro atoms. The SMILES string of the molecule is CCC1CC(NC(=O)OCc2ccccc2)CN(C(C)C2CC2)C1. The van der Waals surface area contributed by atoms with E-state index in [0.29, 0.717) is 18.6 Å². The lowest BCUT2D eigenvalue weighted by Gasteiger charge is -2.41. The third-order valence-electron chi connectivity index (χ3n) is 5.56. The molecule has 1 aromatic carbocycles. The lowest BCUT2D eigenvalue weighted by molar-refractivity contribution is 0.0831. The van der Waals surface area contributed by atoms with Gasteiger partial charge in [0.1, 0.15) is 6.61 Å². The number of benzene rings is 1. The number of amides is 1. The number of hydrogen-bond donors (Lipinski definition) is 1. The fourth-order valence-corrected chi connectivity index (χ4v) is 3.78. The van der Waals surface area contributed by atoms with Gasteiger partial charge in [-0.1, -0.05) is 43.7 Å². The zero-order valence-corrected chi connectivity index (χ0v) is 14.9. The van der Waals surface area contributed by atoms with Crippen molar-refractivity contribution < 1.29 is 9.53 Å². The van der Waals surface area contributed by atoms with Gasteiger partial charge >= 0.3 is 6.09 Å². The van der Waals surface area contributed by atoms with Crippen molar-refractivity contribution in [1.29, 1.82) is 0 Å². The topological polar surface area (TPSA) is 41.6 Å². The second-order valence-corrected chi connectivity index (χ2v) is 7.44. The van der Waals surface area contributed by atoms with Crippen LogP contribution in [0.1, 0.15) is 45.1 Å². The fourth-order valence-electron chi connectivity index (χ4n) is 3.78. The second-order valence-electron chi connectivity index (χ2n) is 7.44. The number of nitrogens with one attached hydrogen (secondary N) is 1. The molecule has 3 unspecified atom stereocenters. The first-order valence-corrected chi connectivity index (χ1v) is 9.37. The predicted molar refractivity (Wildman–Crippen MR) is 95.7 cm³/mol. The maximum atomic E-state index is 12.2. The van der Waals surface area contributed by atoms with E-state index in [2.05, 4.69) is 24.1 Å². The lowest BCUT2D eigenvalue weighted by atomic mass is 9.90. The second kappa shape index (κ2) is 8.02. The Morgan fingerprint density at radius 1 is 1.29 bits per heavy atom. The minimum absolute atomic E-state index is 0.202. The summed E-state index contributed by atoms with van der Waals surface area (Å²) in [5.74, 6) is 1.53. The van der Waals surface area contributed by atoms with Crippen LogP contribution in [0.3, 0.4) is 0 Å². The fraction of sp³-hybridized carbons (Fsp3) is 0.650. The minimum atomic E-state index is -0.292. The van der Waals surface area contributed by atoms with Crippen molar-refractivity contribution in [3.63, 3.8) is 0 Å². The standard InChI is InChI=1S/C20H30N2O2/c1-3-16-11-19(13-22(12-16)15(2)18-9-10-18)21-20(23)24-14-17-7-5-4-6-8-17/h4-8,15-16,18-19H,3,9-14H2,1-2H3,(H,21,23). The minimum Gasteiger partial charge on any atom is -0.445 e. The number of carbonyl (C=O) groups excluding carboxylic acids is 1. The van der Waals surface area contributed by atoms with Gasteiger partial charge in [-0.3, -0.25) is 4.90 Å². The van der Waals surface area contributed by atoms with Gasteiger partial charge in [-0.25, -0.2) is 4.79 Å². The highest BCUT2D eigenvalue weighted by Crippen LogP contribution is 2.36. The number of nitrogens with zero attached hydrogens (tertiary/aromatic N) is 1. The Morgan fingerprint density at radius 2 is 2.04 bits per heavy atom. The summed E-state index contributed by atoms with van der Waals surface area (Å²) in [4.78, 5) is 14.7. The van der Waals surface area contributed by atoms with Crippen LogP contribution < -0.4 is 5.32 Å². The molecular formula is C20H30N2O2. The molecule has 3 atom stereocenters. The first kappa shape index (κ1) is 17.3. The maximum Gasteiger partial charge on any atom is 0.407 e. The number of carbonyl (C=O) groups is 1. The quantitative estimate of drug-likeness (QED) is 0.862. The molecular weight excluding hydrogens is 300 g/mol. The van der Waals surface area contributed by atoms with Gasteiger partial charge in [-0.2, -0.15) is 0 Å². The highest BCUT2D eigenvalue weighted by molar-refractivity contribution is 5.67. The van der Waals surface area contributed by atoms with Crippen molar-refractivity contribution in [3.8, 4) is 0 Å². The van der Waals surface area contributed by atoms with Crippen molar-refractivity contribution in [1.82, 2.24) is 10.2 Å². The molecule has 0 radical (unpaired) electrons. The van der Waals surface area contributed by atoms with Crippen LogP contribution in [0.25, 0.3) is 0 Å². The number of ether oxygens (including phenoxy) is 1. The molecule has 2 aliphatic rings. The molecule has 2 fully saturated rings. The molecule has 0 bridgehead atoms. The number of piperidine rings is 1. The van der Waals surface area contributed by atoms with E-state index >= 15 is 0 Å². The molecule has 0 aromatic heterocycles. The van der Waals surface area contributed by atoms with Crippen LogP contribution in [0.2, 0.25) is 0 Å². The first-order valence-electron chi connectivity index (χ1n) is 9.37. The Balaban J connectivity index is 1.49. The van der Waals surface area contributed by atoms with Crippen molar-refractivity contribution in [2.24, 2.45) is 11.8 Å². The summed E-state index contributed by atoms with van der Waals surface area (Å²) in [6, 6.07) is 10.7. The molecule has 24 heavy (non-hydrogen) atoms. The monoisotopic (exact) mass is 330 g/mol. The van der Waals surface area contributed by atoms with Crippen LogP contribution in [0.15, 0.2) is 30.3 Å². The summed E-state index contributed by atoms with van der Waals surface area (Å²) in [5, 5.41) is 3.09. The highest BCUT2D eigenvalue weighted by atomic mass is 16.5. The molecule has 1 aromatic rings. The zero-order valence-electron chi connectivity index (χ0n) is 14.9. The van der Waals surface area contributed by atoms with Gasteiger partial charge in [0.05, 0.1) is 0 Å². The van der Waals surface area contributed by atoms with Gasteiger partial charge in [0.2, 0.25) is 0 Å². The normalized spacial score (nSPS) is 25.9. The van der Waals surface area contributed by atoms with E-state index in [1.165, 1.54) is 25.8 Å². The lowest BCUT2D eigenvalue weighted by Crippen LogP contribution is -2.53. The first-order chi connectivity index (χ1) is 11.7. The van der Waals surface area contributed by atoms with Crippen LogP contribution in [-0.2, 0) is 11.3 Å². The van der Waals surface area contributed by atoms with E-state index in [-0.39, 0.29) is 12.1 Å². The largest absolute Gasteiger partial charge is 0.445 e. The molecule has 4 heteroatoms. The number of hydrogen-bond acceptors (Lipinski definition) is 3. The van der Waals surface area contributed by atoms with Gasteiger partial charge < -0.3 is 10.1 Å². The van der Waals surface area contributed by atoms with Crippen LogP contribution in [0.5, 0.6) is 0 Å². The average molecular weight is 330 g/mol. The third-order valence-corrected chi connectivity index (χ3v) is 5.56. The molecule has 132 valence electrons. The van der Waals surface area contributed by atoms with E-state index in [1.54, 1.807) is 0 Å². The molecule has 1 aliphatic carbocycles.